The van der Waals surface area contributed by atoms with Crippen molar-refractivity contribution in [3.05, 3.63) is 46.1 Å². The molecule has 0 saturated carbocycles. The van der Waals surface area contributed by atoms with Gasteiger partial charge in [-0.05, 0) is 6.07 Å². The lowest BCUT2D eigenvalue weighted by Crippen LogP contribution is -2.05. The van der Waals surface area contributed by atoms with E-state index < -0.39 is 4.92 Å². The predicted octanol–water partition coefficient (Wildman–Crippen LogP) is 2.41. The Bertz CT molecular complexity index is 560. The Kier molecular flexibility index (Phi) is 3.18. The van der Waals surface area contributed by atoms with E-state index in [0.29, 0.717) is 5.56 Å². The molecule has 88 valence electrons. The topological polar surface area (TPSA) is 76.0 Å². The maximum atomic E-state index is 11.9. The minimum Gasteiger partial charge on any atom is -0.360 e. The fourth-order valence-corrected chi connectivity index (χ4v) is 1.81. The number of hydrogen-bond acceptors (Lipinski definition) is 3. The van der Waals surface area contributed by atoms with Gasteiger partial charge in [0.05, 0.1) is 0 Å². The molecule has 0 aliphatic carbocycles. The van der Waals surface area contributed by atoms with Crippen LogP contribution in [-0.2, 0) is 0 Å². The summed E-state index contributed by atoms with van der Waals surface area (Å²) >= 11 is 0. The van der Waals surface area contributed by atoms with Crippen molar-refractivity contribution in [2.45, 2.75) is 12.8 Å². The number of aromatic nitrogens is 1. The second kappa shape index (κ2) is 4.78. The summed E-state index contributed by atoms with van der Waals surface area (Å²) in [7, 11) is 0. The van der Waals surface area contributed by atoms with Crippen molar-refractivity contribution < 1.29 is 9.72 Å². The van der Waals surface area contributed by atoms with Crippen molar-refractivity contribution in [1.82, 2.24) is 4.98 Å². The van der Waals surface area contributed by atoms with Crippen LogP contribution in [0, 0.1) is 10.1 Å². The van der Waals surface area contributed by atoms with Crippen molar-refractivity contribution in [2.75, 3.05) is 6.54 Å². The molecular weight excluding hydrogens is 220 g/mol. The zero-order valence-electron chi connectivity index (χ0n) is 9.18. The van der Waals surface area contributed by atoms with Gasteiger partial charge in [-0.15, -0.1) is 0 Å². The fraction of sp³-hybridized carbons (Fsp3) is 0.250. The van der Waals surface area contributed by atoms with Crippen LogP contribution in [-0.4, -0.2) is 22.2 Å². The highest BCUT2D eigenvalue weighted by molar-refractivity contribution is 6.07. The third-order valence-electron chi connectivity index (χ3n) is 2.63. The van der Waals surface area contributed by atoms with E-state index in [9.17, 15) is 14.9 Å². The summed E-state index contributed by atoms with van der Waals surface area (Å²) in [6.45, 7) is -0.159. The molecule has 2 rings (SSSR count). The van der Waals surface area contributed by atoms with E-state index in [4.69, 9.17) is 0 Å². The van der Waals surface area contributed by atoms with E-state index in [-0.39, 0.29) is 25.2 Å². The summed E-state index contributed by atoms with van der Waals surface area (Å²) < 4.78 is 0. The summed E-state index contributed by atoms with van der Waals surface area (Å²) in [4.78, 5) is 24.6. The molecule has 1 N–H and O–H groups in total. The first-order valence-corrected chi connectivity index (χ1v) is 5.39. The van der Waals surface area contributed by atoms with Gasteiger partial charge in [0, 0.05) is 40.4 Å². The molecule has 0 amide bonds. The first-order chi connectivity index (χ1) is 8.18. The van der Waals surface area contributed by atoms with Gasteiger partial charge < -0.3 is 4.98 Å². The number of benzene rings is 1. The summed E-state index contributed by atoms with van der Waals surface area (Å²) in [6.07, 6.45) is 2.16. The number of para-hydroxylation sites is 1. The number of nitrogens with one attached hydrogen (secondary N) is 1. The fourth-order valence-electron chi connectivity index (χ4n) is 1.81. The molecule has 0 saturated heterocycles. The number of hydrogen-bond donors (Lipinski definition) is 1. The molecule has 0 aliphatic heterocycles. The third-order valence-corrected chi connectivity index (χ3v) is 2.63. The molecular formula is C12H12N2O3. The van der Waals surface area contributed by atoms with Crippen LogP contribution < -0.4 is 0 Å². The van der Waals surface area contributed by atoms with Crippen LogP contribution in [0.15, 0.2) is 30.5 Å². The van der Waals surface area contributed by atoms with E-state index >= 15 is 0 Å². The molecule has 0 aliphatic rings. The van der Waals surface area contributed by atoms with E-state index in [1.54, 1.807) is 6.20 Å². The molecule has 1 aromatic carbocycles. The summed E-state index contributed by atoms with van der Waals surface area (Å²) in [5, 5.41) is 11.0. The summed E-state index contributed by atoms with van der Waals surface area (Å²) in [5.41, 5.74) is 1.52. The number of nitro groups is 1. The normalized spacial score (nSPS) is 10.6. The summed E-state index contributed by atoms with van der Waals surface area (Å²) in [6, 6.07) is 7.51. The highest BCUT2D eigenvalue weighted by atomic mass is 16.6. The molecule has 17 heavy (non-hydrogen) atoms. The molecule has 0 atom stereocenters. The SMILES string of the molecule is O=C(CCC[N+](=O)[O-])c1c[nH]c2ccccc12. The molecule has 0 unspecified atom stereocenters. The van der Waals surface area contributed by atoms with Crippen LogP contribution in [0.3, 0.4) is 0 Å². The first kappa shape index (κ1) is 11.3. The highest BCUT2D eigenvalue weighted by Gasteiger charge is 2.12. The third kappa shape index (κ3) is 2.50. The lowest BCUT2D eigenvalue weighted by atomic mass is 10.1. The molecule has 0 radical (unpaired) electrons. The molecule has 1 aromatic heterocycles. The van der Waals surface area contributed by atoms with Crippen molar-refractivity contribution in [3.63, 3.8) is 0 Å². The zero-order chi connectivity index (χ0) is 12.3. The lowest BCUT2D eigenvalue weighted by Gasteiger charge is -1.97. The summed E-state index contributed by atoms with van der Waals surface area (Å²) in [5.74, 6) is -0.0516. The number of ketones is 1. The Labute approximate surface area is 97.6 Å². The van der Waals surface area contributed by atoms with E-state index in [1.807, 2.05) is 24.3 Å². The van der Waals surface area contributed by atoms with Gasteiger partial charge in [-0.1, -0.05) is 18.2 Å². The Morgan fingerprint density at radius 1 is 1.35 bits per heavy atom. The number of aromatic amines is 1. The van der Waals surface area contributed by atoms with Crippen LogP contribution in [0.2, 0.25) is 0 Å². The molecule has 0 bridgehead atoms. The van der Waals surface area contributed by atoms with Crippen molar-refractivity contribution in [3.8, 4) is 0 Å². The van der Waals surface area contributed by atoms with Crippen LogP contribution in [0.1, 0.15) is 23.2 Å². The Morgan fingerprint density at radius 2 is 2.12 bits per heavy atom. The molecule has 0 fully saturated rings. The average Bonchev–Trinajstić information content (AvgIpc) is 2.72. The molecule has 5 nitrogen and oxygen atoms in total. The van der Waals surface area contributed by atoms with E-state index in [1.165, 1.54) is 0 Å². The van der Waals surface area contributed by atoms with Gasteiger partial charge in [0.15, 0.2) is 5.78 Å². The molecule has 1 heterocycles. The molecule has 2 aromatic rings. The van der Waals surface area contributed by atoms with Crippen LogP contribution in [0.5, 0.6) is 0 Å². The number of H-pyrrole nitrogens is 1. The Hall–Kier alpha value is -2.17. The maximum Gasteiger partial charge on any atom is 0.204 e. The second-order valence-corrected chi connectivity index (χ2v) is 3.83. The van der Waals surface area contributed by atoms with Crippen LogP contribution >= 0.6 is 0 Å². The smallest absolute Gasteiger partial charge is 0.204 e. The first-order valence-electron chi connectivity index (χ1n) is 5.39. The second-order valence-electron chi connectivity index (χ2n) is 3.83. The number of carbonyl (C=O) groups is 1. The number of nitrogens with zero attached hydrogens (tertiary/aromatic N) is 1. The van der Waals surface area contributed by atoms with Gasteiger partial charge in [0.25, 0.3) is 0 Å². The lowest BCUT2D eigenvalue weighted by molar-refractivity contribution is -0.480. The van der Waals surface area contributed by atoms with Crippen LogP contribution in [0.4, 0.5) is 0 Å². The number of Topliss-reactive ketones (excluding diaryl/α,β-unsaturated/α-hetero) is 1. The van der Waals surface area contributed by atoms with Gasteiger partial charge in [0.2, 0.25) is 6.54 Å². The van der Waals surface area contributed by atoms with Crippen LogP contribution in [0.25, 0.3) is 10.9 Å². The van der Waals surface area contributed by atoms with Gasteiger partial charge in [0.1, 0.15) is 0 Å². The van der Waals surface area contributed by atoms with Gasteiger partial charge >= 0.3 is 0 Å². The molecule has 5 heteroatoms. The minimum atomic E-state index is -0.400. The Morgan fingerprint density at radius 3 is 2.88 bits per heavy atom. The standard InChI is InChI=1S/C12H12N2O3/c15-12(6-3-7-14(16)17)10-8-13-11-5-2-1-4-9(10)11/h1-2,4-5,8,13H,3,6-7H2. The quantitative estimate of drug-likeness (QED) is 0.488. The number of fused-ring (bicyclic) bond motifs is 1. The number of carbonyl (C=O) groups excluding carboxylic acids is 1. The monoisotopic (exact) mass is 232 g/mol. The number of rotatable bonds is 5. The maximum absolute atomic E-state index is 11.9. The Balaban J connectivity index is 2.11. The van der Waals surface area contributed by atoms with Gasteiger partial charge in [-0.2, -0.15) is 0 Å². The van der Waals surface area contributed by atoms with Gasteiger partial charge in [-0.25, -0.2) is 0 Å². The minimum absolute atomic E-state index is 0.0516. The molecule has 0 spiro atoms. The van der Waals surface area contributed by atoms with Crippen molar-refractivity contribution in [2.24, 2.45) is 0 Å². The highest BCUT2D eigenvalue weighted by Crippen LogP contribution is 2.19. The average molecular weight is 232 g/mol. The van der Waals surface area contributed by atoms with Gasteiger partial charge in [-0.3, -0.25) is 14.9 Å². The predicted molar refractivity (Wildman–Crippen MR) is 63.7 cm³/mol. The van der Waals surface area contributed by atoms with Crippen molar-refractivity contribution >= 4 is 16.7 Å². The van der Waals surface area contributed by atoms with Crippen molar-refractivity contribution in [1.29, 1.82) is 0 Å². The zero-order valence-corrected chi connectivity index (χ0v) is 9.18. The van der Waals surface area contributed by atoms with E-state index in [2.05, 4.69) is 4.98 Å². The van der Waals surface area contributed by atoms with E-state index in [0.717, 1.165) is 10.9 Å². The largest absolute Gasteiger partial charge is 0.360 e.